The molecule has 0 spiro atoms. The molecular formula is C14H19ClN2O2. The van der Waals surface area contributed by atoms with Crippen molar-refractivity contribution >= 4 is 23.0 Å². The van der Waals surface area contributed by atoms with Crippen LogP contribution >= 0.6 is 11.6 Å². The molecule has 1 aromatic carbocycles. The Balaban J connectivity index is 2.46. The van der Waals surface area contributed by atoms with Gasteiger partial charge >= 0.3 is 0 Å². The maximum absolute atomic E-state index is 11.3. The molecule has 2 rings (SSSR count). The number of halogens is 1. The van der Waals surface area contributed by atoms with Gasteiger partial charge in [-0.05, 0) is 36.8 Å². The Morgan fingerprint density at radius 2 is 1.89 bits per heavy atom. The highest BCUT2D eigenvalue weighted by Gasteiger charge is 2.29. The Kier molecular flexibility index (Phi) is 3.99. The summed E-state index contributed by atoms with van der Waals surface area (Å²) >= 11 is 6.26. The maximum Gasteiger partial charge on any atom is 0.294 e. The second-order valence-electron chi connectivity index (χ2n) is 5.72. The van der Waals surface area contributed by atoms with Crippen molar-refractivity contribution in [3.05, 3.63) is 32.8 Å². The normalized spacial score (nSPS) is 23.5. The first-order valence-corrected chi connectivity index (χ1v) is 6.95. The van der Waals surface area contributed by atoms with Crippen molar-refractivity contribution in [3.63, 3.8) is 0 Å². The average molecular weight is 283 g/mol. The molecule has 1 aliphatic heterocycles. The minimum absolute atomic E-state index is 0.117. The molecule has 19 heavy (non-hydrogen) atoms. The molecule has 1 aromatic rings. The highest BCUT2D eigenvalue weighted by atomic mass is 35.5. The summed E-state index contributed by atoms with van der Waals surface area (Å²) in [6, 6.07) is 3.40. The van der Waals surface area contributed by atoms with Gasteiger partial charge in [-0.15, -0.1) is 0 Å². The number of aryl methyl sites for hydroxylation is 1. The second kappa shape index (κ2) is 5.37. The van der Waals surface area contributed by atoms with Gasteiger partial charge in [0.15, 0.2) is 0 Å². The lowest BCUT2D eigenvalue weighted by molar-refractivity contribution is -0.384. The summed E-state index contributed by atoms with van der Waals surface area (Å²) in [5.74, 6) is 1.06. The van der Waals surface area contributed by atoms with E-state index >= 15 is 0 Å². The van der Waals surface area contributed by atoms with Gasteiger partial charge in [-0.25, -0.2) is 0 Å². The highest BCUT2D eigenvalue weighted by Crippen LogP contribution is 2.39. The molecule has 0 saturated carbocycles. The minimum atomic E-state index is -0.335. The lowest BCUT2D eigenvalue weighted by Gasteiger charge is -2.36. The maximum atomic E-state index is 11.3. The van der Waals surface area contributed by atoms with Crippen molar-refractivity contribution in [1.29, 1.82) is 0 Å². The van der Waals surface area contributed by atoms with Gasteiger partial charge in [0.1, 0.15) is 5.69 Å². The Bertz CT molecular complexity index is 494. The van der Waals surface area contributed by atoms with Gasteiger partial charge in [0.2, 0.25) is 0 Å². The fourth-order valence-electron chi connectivity index (χ4n) is 3.01. The molecule has 104 valence electrons. The number of nitrogens with zero attached hydrogens (tertiary/aromatic N) is 2. The number of hydrogen-bond acceptors (Lipinski definition) is 3. The zero-order valence-electron chi connectivity index (χ0n) is 11.5. The van der Waals surface area contributed by atoms with Crippen LogP contribution in [0.2, 0.25) is 5.02 Å². The third kappa shape index (κ3) is 3.00. The Morgan fingerprint density at radius 3 is 2.42 bits per heavy atom. The van der Waals surface area contributed by atoms with Gasteiger partial charge in [-0.1, -0.05) is 25.4 Å². The monoisotopic (exact) mass is 282 g/mol. The topological polar surface area (TPSA) is 46.4 Å². The molecule has 2 unspecified atom stereocenters. The van der Waals surface area contributed by atoms with E-state index in [-0.39, 0.29) is 10.6 Å². The fraction of sp³-hybridized carbons (Fsp3) is 0.571. The molecule has 1 aliphatic rings. The van der Waals surface area contributed by atoms with E-state index in [1.165, 1.54) is 0 Å². The quantitative estimate of drug-likeness (QED) is 0.607. The van der Waals surface area contributed by atoms with E-state index in [1.54, 1.807) is 12.1 Å². The first kappa shape index (κ1) is 14.1. The van der Waals surface area contributed by atoms with Crippen molar-refractivity contribution in [2.24, 2.45) is 11.8 Å². The number of benzene rings is 1. The van der Waals surface area contributed by atoms with Gasteiger partial charge in [-0.2, -0.15) is 0 Å². The Morgan fingerprint density at radius 1 is 1.32 bits per heavy atom. The largest absolute Gasteiger partial charge is 0.364 e. The summed E-state index contributed by atoms with van der Waals surface area (Å²) in [4.78, 5) is 13.0. The van der Waals surface area contributed by atoms with E-state index in [0.29, 0.717) is 22.5 Å². The summed E-state index contributed by atoms with van der Waals surface area (Å²) in [5, 5.41) is 11.7. The molecule has 1 saturated heterocycles. The van der Waals surface area contributed by atoms with Crippen LogP contribution in [0.25, 0.3) is 0 Å². The van der Waals surface area contributed by atoms with Crippen LogP contribution in [0.15, 0.2) is 12.1 Å². The number of nitro groups is 1. The molecule has 0 bridgehead atoms. The molecule has 0 N–H and O–H groups in total. The summed E-state index contributed by atoms with van der Waals surface area (Å²) in [6.07, 6.45) is 1.16. The molecular weight excluding hydrogens is 264 g/mol. The molecule has 4 nitrogen and oxygen atoms in total. The highest BCUT2D eigenvalue weighted by molar-refractivity contribution is 6.34. The van der Waals surface area contributed by atoms with Crippen LogP contribution in [0.1, 0.15) is 25.8 Å². The zero-order valence-corrected chi connectivity index (χ0v) is 12.3. The lowest BCUT2D eigenvalue weighted by atomic mass is 9.91. The SMILES string of the molecule is Cc1cc(Cl)c(N2CC(C)CC(C)C2)c([N+](=O)[O-])c1. The van der Waals surface area contributed by atoms with Crippen molar-refractivity contribution < 1.29 is 4.92 Å². The summed E-state index contributed by atoms with van der Waals surface area (Å²) in [6.45, 7) is 7.83. The lowest BCUT2D eigenvalue weighted by Crippen LogP contribution is -2.39. The van der Waals surface area contributed by atoms with Crippen molar-refractivity contribution in [1.82, 2.24) is 0 Å². The summed E-state index contributed by atoms with van der Waals surface area (Å²) < 4.78 is 0. The van der Waals surface area contributed by atoms with Crippen LogP contribution in [-0.2, 0) is 0 Å². The fourth-order valence-corrected chi connectivity index (χ4v) is 3.40. The number of rotatable bonds is 2. The number of hydrogen-bond donors (Lipinski definition) is 0. The standard InChI is InChI=1S/C14H19ClN2O2/c1-9-5-12(15)14(13(6-9)17(18)19)16-7-10(2)4-11(3)8-16/h5-6,10-11H,4,7-8H2,1-3H3. The number of nitro benzene ring substituents is 1. The van der Waals surface area contributed by atoms with Crippen molar-refractivity contribution in [3.8, 4) is 0 Å². The average Bonchev–Trinajstić information content (AvgIpc) is 2.25. The van der Waals surface area contributed by atoms with E-state index in [4.69, 9.17) is 11.6 Å². The van der Waals surface area contributed by atoms with E-state index < -0.39 is 0 Å². The molecule has 5 heteroatoms. The van der Waals surface area contributed by atoms with Crippen LogP contribution in [0.4, 0.5) is 11.4 Å². The van der Waals surface area contributed by atoms with Crippen molar-refractivity contribution in [2.45, 2.75) is 27.2 Å². The predicted octanol–water partition coefficient (Wildman–Crippen LogP) is 4.04. The Labute approximate surface area is 118 Å². The van der Waals surface area contributed by atoms with E-state index in [9.17, 15) is 10.1 Å². The first-order chi connectivity index (χ1) is 8.88. The molecule has 1 heterocycles. The number of piperidine rings is 1. The van der Waals surface area contributed by atoms with E-state index in [2.05, 4.69) is 18.7 Å². The van der Waals surface area contributed by atoms with Crippen LogP contribution in [-0.4, -0.2) is 18.0 Å². The third-order valence-corrected chi connectivity index (χ3v) is 3.86. The summed E-state index contributed by atoms with van der Waals surface area (Å²) in [5.41, 5.74) is 1.51. The third-order valence-electron chi connectivity index (χ3n) is 3.57. The van der Waals surface area contributed by atoms with Gasteiger partial charge in [0.05, 0.1) is 9.95 Å². The van der Waals surface area contributed by atoms with E-state index in [1.807, 2.05) is 6.92 Å². The van der Waals surface area contributed by atoms with E-state index in [0.717, 1.165) is 25.1 Å². The van der Waals surface area contributed by atoms with Crippen molar-refractivity contribution in [2.75, 3.05) is 18.0 Å². The van der Waals surface area contributed by atoms with Crippen LogP contribution in [0.3, 0.4) is 0 Å². The molecule has 2 atom stereocenters. The molecule has 0 amide bonds. The van der Waals surface area contributed by atoms with Gasteiger partial charge in [0, 0.05) is 19.2 Å². The summed E-state index contributed by atoms with van der Waals surface area (Å²) in [7, 11) is 0. The predicted molar refractivity (Wildman–Crippen MR) is 78.0 cm³/mol. The van der Waals surface area contributed by atoms with Gasteiger partial charge in [-0.3, -0.25) is 10.1 Å². The van der Waals surface area contributed by atoms with Gasteiger partial charge in [0.25, 0.3) is 5.69 Å². The zero-order chi connectivity index (χ0) is 14.2. The Hall–Kier alpha value is -1.29. The molecule has 0 aromatic heterocycles. The first-order valence-electron chi connectivity index (χ1n) is 6.58. The molecule has 1 fully saturated rings. The van der Waals surface area contributed by atoms with Crippen LogP contribution < -0.4 is 4.90 Å². The van der Waals surface area contributed by atoms with Crippen LogP contribution in [0, 0.1) is 28.9 Å². The number of anilines is 1. The minimum Gasteiger partial charge on any atom is -0.364 e. The second-order valence-corrected chi connectivity index (χ2v) is 6.13. The smallest absolute Gasteiger partial charge is 0.294 e. The molecule has 0 radical (unpaired) electrons. The van der Waals surface area contributed by atoms with Crippen LogP contribution in [0.5, 0.6) is 0 Å². The van der Waals surface area contributed by atoms with Gasteiger partial charge < -0.3 is 4.90 Å². The molecule has 0 aliphatic carbocycles.